The van der Waals surface area contributed by atoms with Gasteiger partial charge in [-0.3, -0.25) is 0 Å². The van der Waals surface area contributed by atoms with Crippen molar-refractivity contribution >= 4 is 34.2 Å². The monoisotopic (exact) mass is 359 g/mol. The third kappa shape index (κ3) is 3.02. The smallest absolute Gasteiger partial charge is 0.341 e. The molecule has 0 heterocycles. The van der Waals surface area contributed by atoms with Gasteiger partial charge < -0.3 is 10.1 Å². The van der Waals surface area contributed by atoms with Gasteiger partial charge in [0.05, 0.1) is 11.2 Å². The standard InChI is InChI=1S/C10H9F3INO2/c1-4(14)15-9-7(12)5(10(16)17-2)3-6(11)8(9)13/h3-4,15H,1-2H3/t4-/m0/s1. The Morgan fingerprint density at radius 2 is 2.00 bits per heavy atom. The van der Waals surface area contributed by atoms with E-state index in [1.165, 1.54) is 0 Å². The SMILES string of the molecule is COC(=O)c1cc(F)c(F)c(N[C@@H](C)I)c1F. The topological polar surface area (TPSA) is 38.3 Å². The minimum absolute atomic E-state index is 0.344. The molecule has 0 aliphatic heterocycles. The number of nitrogens with one attached hydrogen (secondary N) is 1. The molecule has 3 nitrogen and oxygen atoms in total. The molecule has 94 valence electrons. The summed E-state index contributed by atoms with van der Waals surface area (Å²) in [5.41, 5.74) is -1.32. The lowest BCUT2D eigenvalue weighted by Crippen LogP contribution is -2.14. The van der Waals surface area contributed by atoms with E-state index >= 15 is 0 Å². The van der Waals surface area contributed by atoms with Crippen molar-refractivity contribution in [2.75, 3.05) is 12.4 Å². The second-order valence-corrected chi connectivity index (χ2v) is 5.03. The summed E-state index contributed by atoms with van der Waals surface area (Å²) < 4.78 is 44.2. The number of methoxy groups -OCH3 is 1. The third-order valence-corrected chi connectivity index (χ3v) is 2.22. The molecule has 0 bridgehead atoms. The molecule has 17 heavy (non-hydrogen) atoms. The van der Waals surface area contributed by atoms with Crippen molar-refractivity contribution in [3.8, 4) is 0 Å². The fourth-order valence-corrected chi connectivity index (χ4v) is 1.50. The van der Waals surface area contributed by atoms with Gasteiger partial charge >= 0.3 is 5.97 Å². The van der Waals surface area contributed by atoms with Crippen molar-refractivity contribution in [2.45, 2.75) is 11.0 Å². The Balaban J connectivity index is 3.37. The molecule has 0 aliphatic carbocycles. The first-order chi connectivity index (χ1) is 7.88. The number of ether oxygens (including phenoxy) is 1. The number of hydrogen-bond acceptors (Lipinski definition) is 3. The summed E-state index contributed by atoms with van der Waals surface area (Å²) in [6, 6.07) is 0.472. The molecule has 0 spiro atoms. The third-order valence-electron chi connectivity index (χ3n) is 1.90. The van der Waals surface area contributed by atoms with Crippen LogP contribution in [0.25, 0.3) is 0 Å². The van der Waals surface area contributed by atoms with E-state index in [0.29, 0.717) is 6.07 Å². The predicted octanol–water partition coefficient (Wildman–Crippen LogP) is 3.08. The molecule has 1 atom stereocenters. The Bertz CT molecular complexity index is 452. The Labute approximate surface area is 109 Å². The Morgan fingerprint density at radius 1 is 1.41 bits per heavy atom. The van der Waals surface area contributed by atoms with Crippen molar-refractivity contribution in [3.63, 3.8) is 0 Å². The van der Waals surface area contributed by atoms with Crippen LogP contribution in [0.2, 0.25) is 0 Å². The second-order valence-electron chi connectivity index (χ2n) is 3.16. The van der Waals surface area contributed by atoms with Crippen LogP contribution in [0.15, 0.2) is 6.07 Å². The maximum atomic E-state index is 13.7. The zero-order valence-corrected chi connectivity index (χ0v) is 11.1. The maximum Gasteiger partial charge on any atom is 0.341 e. The van der Waals surface area contributed by atoms with E-state index in [0.717, 1.165) is 7.11 Å². The molecule has 0 aromatic heterocycles. The number of benzene rings is 1. The minimum Gasteiger partial charge on any atom is -0.465 e. The van der Waals surface area contributed by atoms with Crippen LogP contribution in [-0.2, 0) is 4.74 Å². The maximum absolute atomic E-state index is 13.7. The van der Waals surface area contributed by atoms with Crippen molar-refractivity contribution in [1.29, 1.82) is 0 Å². The van der Waals surface area contributed by atoms with Gasteiger partial charge in [0.2, 0.25) is 0 Å². The summed E-state index contributed by atoms with van der Waals surface area (Å²) >= 11 is 1.85. The first-order valence-electron chi connectivity index (χ1n) is 4.55. The molecular weight excluding hydrogens is 350 g/mol. The van der Waals surface area contributed by atoms with Crippen molar-refractivity contribution < 1.29 is 22.7 Å². The lowest BCUT2D eigenvalue weighted by atomic mass is 10.1. The van der Waals surface area contributed by atoms with E-state index in [2.05, 4.69) is 10.1 Å². The molecule has 0 unspecified atom stereocenters. The fourth-order valence-electron chi connectivity index (χ4n) is 1.19. The highest BCUT2D eigenvalue weighted by Crippen LogP contribution is 2.26. The van der Waals surface area contributed by atoms with Gasteiger partial charge in [-0.05, 0) is 13.0 Å². The van der Waals surface area contributed by atoms with Gasteiger partial charge in [-0.1, -0.05) is 22.6 Å². The van der Waals surface area contributed by atoms with Crippen molar-refractivity contribution in [3.05, 3.63) is 29.1 Å². The molecule has 0 saturated carbocycles. The van der Waals surface area contributed by atoms with Gasteiger partial charge in [0, 0.05) is 0 Å². The summed E-state index contributed by atoms with van der Waals surface area (Å²) in [7, 11) is 1.02. The normalized spacial score (nSPS) is 12.1. The summed E-state index contributed by atoms with van der Waals surface area (Å²) in [6.07, 6.45) is 0. The molecule has 1 rings (SSSR count). The highest BCUT2D eigenvalue weighted by molar-refractivity contribution is 14.1. The molecule has 0 fully saturated rings. The van der Waals surface area contributed by atoms with Gasteiger partial charge in [-0.25, -0.2) is 18.0 Å². The van der Waals surface area contributed by atoms with Gasteiger partial charge in [-0.15, -0.1) is 0 Å². The van der Waals surface area contributed by atoms with Crippen LogP contribution in [0.4, 0.5) is 18.9 Å². The molecule has 0 aliphatic rings. The first kappa shape index (κ1) is 14.1. The Kier molecular flexibility index (Phi) is 4.61. The van der Waals surface area contributed by atoms with Crippen molar-refractivity contribution in [2.24, 2.45) is 0 Å². The van der Waals surface area contributed by atoms with Gasteiger partial charge in [0.1, 0.15) is 11.3 Å². The molecule has 1 aromatic rings. The number of esters is 1. The van der Waals surface area contributed by atoms with Gasteiger partial charge in [0.25, 0.3) is 0 Å². The van der Waals surface area contributed by atoms with Crippen LogP contribution in [0.3, 0.4) is 0 Å². The van der Waals surface area contributed by atoms with Gasteiger partial charge in [-0.2, -0.15) is 0 Å². The van der Waals surface area contributed by atoms with Crippen LogP contribution >= 0.6 is 22.6 Å². The Morgan fingerprint density at radius 3 is 2.47 bits per heavy atom. The lowest BCUT2D eigenvalue weighted by molar-refractivity contribution is 0.0595. The van der Waals surface area contributed by atoms with Gasteiger partial charge in [0.15, 0.2) is 17.5 Å². The largest absolute Gasteiger partial charge is 0.465 e. The van der Waals surface area contributed by atoms with E-state index in [4.69, 9.17) is 0 Å². The summed E-state index contributed by atoms with van der Waals surface area (Å²) in [5.74, 6) is -4.91. The highest BCUT2D eigenvalue weighted by Gasteiger charge is 2.23. The first-order valence-corrected chi connectivity index (χ1v) is 5.79. The van der Waals surface area contributed by atoms with E-state index in [1.54, 1.807) is 6.92 Å². The number of alkyl halides is 1. The second kappa shape index (κ2) is 5.56. The summed E-state index contributed by atoms with van der Waals surface area (Å²) in [6.45, 7) is 1.61. The van der Waals surface area contributed by atoms with Crippen LogP contribution in [0.5, 0.6) is 0 Å². The molecule has 0 radical (unpaired) electrons. The number of carbonyl (C=O) groups is 1. The molecule has 1 N–H and O–H groups in total. The van der Waals surface area contributed by atoms with E-state index in [-0.39, 0.29) is 4.05 Å². The van der Waals surface area contributed by atoms with Crippen LogP contribution in [-0.4, -0.2) is 17.1 Å². The highest BCUT2D eigenvalue weighted by atomic mass is 127. The molecular formula is C10H9F3INO2. The van der Waals surface area contributed by atoms with Crippen molar-refractivity contribution in [1.82, 2.24) is 0 Å². The van der Waals surface area contributed by atoms with Crippen LogP contribution in [0.1, 0.15) is 17.3 Å². The van der Waals surface area contributed by atoms with E-state index in [9.17, 15) is 18.0 Å². The fraction of sp³-hybridized carbons (Fsp3) is 0.300. The number of carbonyl (C=O) groups excluding carboxylic acids is 1. The quantitative estimate of drug-likeness (QED) is 0.296. The van der Waals surface area contributed by atoms with E-state index < -0.39 is 34.7 Å². The predicted molar refractivity (Wildman–Crippen MR) is 64.8 cm³/mol. The molecule has 0 saturated heterocycles. The zero-order valence-electron chi connectivity index (χ0n) is 8.98. The lowest BCUT2D eigenvalue weighted by Gasteiger charge is -2.13. The molecule has 1 aromatic carbocycles. The number of anilines is 1. The molecule has 0 amide bonds. The Hall–Kier alpha value is -0.990. The minimum atomic E-state index is -1.36. The van der Waals surface area contributed by atoms with Crippen LogP contribution in [0, 0.1) is 17.5 Å². The number of rotatable bonds is 3. The summed E-state index contributed by atoms with van der Waals surface area (Å²) in [5, 5.41) is 2.39. The molecule has 7 heteroatoms. The number of hydrogen-bond donors (Lipinski definition) is 1. The summed E-state index contributed by atoms with van der Waals surface area (Å²) in [4.78, 5) is 11.2. The van der Waals surface area contributed by atoms with Crippen LogP contribution < -0.4 is 5.32 Å². The zero-order chi connectivity index (χ0) is 13.2. The number of halogens is 4. The average molecular weight is 359 g/mol. The average Bonchev–Trinajstić information content (AvgIpc) is 2.28. The van der Waals surface area contributed by atoms with E-state index in [1.807, 2.05) is 22.6 Å².